The van der Waals surface area contributed by atoms with Crippen LogP contribution in [-0.4, -0.2) is 0 Å². The molecule has 306 valence electrons. The van der Waals surface area contributed by atoms with Crippen LogP contribution in [0.3, 0.4) is 0 Å². The van der Waals surface area contributed by atoms with Crippen LogP contribution in [0, 0.1) is 0 Å². The van der Waals surface area contributed by atoms with Gasteiger partial charge in [-0.2, -0.15) is 0 Å². The summed E-state index contributed by atoms with van der Waals surface area (Å²) in [5.41, 5.74) is 18.3. The molecule has 0 amide bonds. The molecule has 63 heavy (non-hydrogen) atoms. The van der Waals surface area contributed by atoms with Crippen molar-refractivity contribution in [2.45, 2.75) is 57.3 Å². The number of nitrogens with zero attached hydrogens (tertiary/aromatic N) is 2. The SMILES string of the molecule is CC1(C)c2cc(N(c3cccc(N(c4ccccc4)c4ccc(C5CCCCC5)cc4)c3)c3ccc4ccccc4c3-c3ccccc3)ccc2-c2c(-c3ccccc3)cccc21. The molecule has 1 saturated carbocycles. The average Bonchev–Trinajstić information content (AvgIpc) is 3.58. The van der Waals surface area contributed by atoms with Gasteiger partial charge in [-0.3, -0.25) is 0 Å². The number of fused-ring (bicyclic) bond motifs is 4. The zero-order chi connectivity index (χ0) is 42.3. The summed E-state index contributed by atoms with van der Waals surface area (Å²) in [6.45, 7) is 4.79. The van der Waals surface area contributed by atoms with Gasteiger partial charge in [0.1, 0.15) is 0 Å². The Morgan fingerprint density at radius 3 is 1.73 bits per heavy atom. The summed E-state index contributed by atoms with van der Waals surface area (Å²) in [6, 6.07) is 78.7. The van der Waals surface area contributed by atoms with E-state index in [1.54, 1.807) is 0 Å². The molecule has 0 aromatic heterocycles. The lowest BCUT2D eigenvalue weighted by atomic mass is 9.81. The summed E-state index contributed by atoms with van der Waals surface area (Å²) in [4.78, 5) is 4.92. The van der Waals surface area contributed by atoms with Crippen molar-refractivity contribution in [2.24, 2.45) is 0 Å². The van der Waals surface area contributed by atoms with Gasteiger partial charge in [-0.15, -0.1) is 0 Å². The summed E-state index contributed by atoms with van der Waals surface area (Å²) in [6.07, 6.45) is 6.61. The molecule has 0 heterocycles. The summed E-state index contributed by atoms with van der Waals surface area (Å²) in [5, 5.41) is 2.45. The zero-order valence-corrected chi connectivity index (χ0v) is 36.2. The molecule has 2 aliphatic rings. The third kappa shape index (κ3) is 7.01. The van der Waals surface area contributed by atoms with Crippen LogP contribution in [0.1, 0.15) is 68.6 Å². The Balaban J connectivity index is 1.11. The fourth-order valence-electron chi connectivity index (χ4n) is 10.7. The third-order valence-corrected chi connectivity index (χ3v) is 13.8. The Morgan fingerprint density at radius 1 is 0.397 bits per heavy atom. The normalized spacial score (nSPS) is 14.3. The topological polar surface area (TPSA) is 6.48 Å². The molecule has 0 radical (unpaired) electrons. The van der Waals surface area contributed by atoms with Crippen molar-refractivity contribution in [3.8, 4) is 33.4 Å². The van der Waals surface area contributed by atoms with Crippen molar-refractivity contribution < 1.29 is 0 Å². The molecular formula is C61H52N2. The van der Waals surface area contributed by atoms with Crippen molar-refractivity contribution in [3.63, 3.8) is 0 Å². The Bertz CT molecular complexity index is 3050. The molecule has 0 N–H and O–H groups in total. The lowest BCUT2D eigenvalue weighted by Gasteiger charge is -2.32. The number of anilines is 6. The maximum absolute atomic E-state index is 2.51. The van der Waals surface area contributed by atoms with E-state index in [1.807, 2.05) is 0 Å². The maximum Gasteiger partial charge on any atom is 0.0546 e. The summed E-state index contributed by atoms with van der Waals surface area (Å²) < 4.78 is 0. The van der Waals surface area contributed by atoms with Crippen LogP contribution < -0.4 is 9.80 Å². The van der Waals surface area contributed by atoms with Gasteiger partial charge in [0.05, 0.1) is 5.69 Å². The second-order valence-electron chi connectivity index (χ2n) is 17.9. The van der Waals surface area contributed by atoms with Gasteiger partial charge < -0.3 is 9.80 Å². The number of benzene rings is 9. The molecule has 0 aliphatic heterocycles. The molecule has 2 aliphatic carbocycles. The van der Waals surface area contributed by atoms with Crippen LogP contribution in [0.4, 0.5) is 34.1 Å². The van der Waals surface area contributed by atoms with E-state index in [0.717, 1.165) is 34.1 Å². The molecule has 0 atom stereocenters. The molecule has 2 heteroatoms. The van der Waals surface area contributed by atoms with E-state index in [1.165, 1.54) is 92.9 Å². The minimum absolute atomic E-state index is 0.210. The first-order valence-corrected chi connectivity index (χ1v) is 22.8. The summed E-state index contributed by atoms with van der Waals surface area (Å²) in [5.74, 6) is 0.658. The molecule has 0 unspecified atom stereocenters. The number of rotatable bonds is 9. The van der Waals surface area contributed by atoms with Gasteiger partial charge in [0.25, 0.3) is 0 Å². The summed E-state index contributed by atoms with van der Waals surface area (Å²) >= 11 is 0. The van der Waals surface area contributed by atoms with Gasteiger partial charge >= 0.3 is 0 Å². The van der Waals surface area contributed by atoms with Crippen LogP contribution >= 0.6 is 0 Å². The molecule has 0 bridgehead atoms. The maximum atomic E-state index is 2.51. The molecule has 9 aromatic carbocycles. The largest absolute Gasteiger partial charge is 0.310 e. The highest BCUT2D eigenvalue weighted by Gasteiger charge is 2.38. The minimum atomic E-state index is -0.210. The fraction of sp³-hybridized carbons (Fsp3) is 0.148. The highest BCUT2D eigenvalue weighted by Crippen LogP contribution is 2.54. The zero-order valence-electron chi connectivity index (χ0n) is 36.2. The lowest BCUT2D eigenvalue weighted by molar-refractivity contribution is 0.443. The van der Waals surface area contributed by atoms with E-state index in [2.05, 4.69) is 236 Å². The summed E-state index contributed by atoms with van der Waals surface area (Å²) in [7, 11) is 0. The predicted molar refractivity (Wildman–Crippen MR) is 268 cm³/mol. The smallest absolute Gasteiger partial charge is 0.0546 e. The van der Waals surface area contributed by atoms with E-state index in [9.17, 15) is 0 Å². The first-order valence-electron chi connectivity index (χ1n) is 22.8. The van der Waals surface area contributed by atoms with E-state index in [-0.39, 0.29) is 5.41 Å². The van der Waals surface area contributed by atoms with Gasteiger partial charge in [0, 0.05) is 39.4 Å². The molecule has 1 fully saturated rings. The van der Waals surface area contributed by atoms with Crippen molar-refractivity contribution in [1.29, 1.82) is 0 Å². The fourth-order valence-corrected chi connectivity index (χ4v) is 10.7. The van der Waals surface area contributed by atoms with Crippen molar-refractivity contribution in [2.75, 3.05) is 9.80 Å². The van der Waals surface area contributed by atoms with Gasteiger partial charge in [0.15, 0.2) is 0 Å². The monoisotopic (exact) mass is 812 g/mol. The van der Waals surface area contributed by atoms with Crippen LogP contribution in [0.25, 0.3) is 44.2 Å². The van der Waals surface area contributed by atoms with Gasteiger partial charge in [-0.1, -0.05) is 185 Å². The van der Waals surface area contributed by atoms with Crippen molar-refractivity contribution in [1.82, 2.24) is 0 Å². The van der Waals surface area contributed by atoms with Gasteiger partial charge in [-0.25, -0.2) is 0 Å². The Hall–Kier alpha value is -7.16. The van der Waals surface area contributed by atoms with Gasteiger partial charge in [0.2, 0.25) is 0 Å². The van der Waals surface area contributed by atoms with E-state index >= 15 is 0 Å². The first-order chi connectivity index (χ1) is 31.0. The average molecular weight is 813 g/mol. The minimum Gasteiger partial charge on any atom is -0.310 e. The first kappa shape index (κ1) is 38.7. The van der Waals surface area contributed by atoms with E-state index < -0.39 is 0 Å². The van der Waals surface area contributed by atoms with Crippen molar-refractivity contribution in [3.05, 3.63) is 229 Å². The Morgan fingerprint density at radius 2 is 0.984 bits per heavy atom. The molecule has 9 aromatic rings. The van der Waals surface area contributed by atoms with Crippen LogP contribution in [0.5, 0.6) is 0 Å². The second-order valence-corrected chi connectivity index (χ2v) is 17.9. The number of para-hydroxylation sites is 1. The van der Waals surface area contributed by atoms with E-state index in [0.29, 0.717) is 5.92 Å². The van der Waals surface area contributed by atoms with Crippen LogP contribution in [-0.2, 0) is 5.41 Å². The molecule has 0 saturated heterocycles. The molecule has 11 rings (SSSR count). The highest BCUT2D eigenvalue weighted by molar-refractivity contribution is 6.06. The van der Waals surface area contributed by atoms with E-state index in [4.69, 9.17) is 0 Å². The van der Waals surface area contributed by atoms with Gasteiger partial charge in [-0.05, 0) is 135 Å². The van der Waals surface area contributed by atoms with Crippen LogP contribution in [0.2, 0.25) is 0 Å². The second kappa shape index (κ2) is 16.3. The third-order valence-electron chi connectivity index (χ3n) is 13.8. The number of hydrogen-bond donors (Lipinski definition) is 0. The quantitative estimate of drug-likeness (QED) is 0.143. The van der Waals surface area contributed by atoms with Crippen molar-refractivity contribution >= 4 is 44.9 Å². The Kier molecular flexibility index (Phi) is 10.0. The lowest BCUT2D eigenvalue weighted by Crippen LogP contribution is -2.17. The number of hydrogen-bond acceptors (Lipinski definition) is 2. The molecular weight excluding hydrogens is 761 g/mol. The molecule has 0 spiro atoms. The molecule has 2 nitrogen and oxygen atoms in total. The predicted octanol–water partition coefficient (Wildman–Crippen LogP) is 17.5. The highest BCUT2D eigenvalue weighted by atomic mass is 15.2. The Labute approximate surface area is 372 Å². The van der Waals surface area contributed by atoms with Crippen LogP contribution in [0.15, 0.2) is 212 Å². The standard InChI is InChI=1S/C61H52N2/c1-61(2)56-32-18-31-54(45-21-9-4-10-22-45)60(56)55-39-38-52(42-57(55)61)63(58-40-35-46-23-15-16-30-53(46)59(58)47-24-11-5-12-25-47)51-29-17-28-50(41-51)62(48-26-13-6-14-27-48)49-36-33-44(34-37-49)43-19-7-3-8-20-43/h4-6,9-18,21-43H,3,7-8,19-20H2,1-2H3.